The quantitative estimate of drug-likeness (QED) is 0.378. The monoisotopic (exact) mass is 430 g/mol. The predicted octanol–water partition coefficient (Wildman–Crippen LogP) is -0.412. The lowest BCUT2D eigenvalue weighted by molar-refractivity contribution is -0.231. The summed E-state index contributed by atoms with van der Waals surface area (Å²) in [6.45, 7) is -0.523. The molecule has 0 aromatic heterocycles. The van der Waals surface area contributed by atoms with Gasteiger partial charge in [-0.3, -0.25) is 9.59 Å². The van der Waals surface area contributed by atoms with E-state index in [1.807, 2.05) is 0 Å². The number of carbonyl (C=O) groups is 2. The van der Waals surface area contributed by atoms with Crippen LogP contribution in [0.25, 0.3) is 11.1 Å². The standard InChI is InChI=1S/C22H26N2O7/c1-23-21(29)14-7-13(8-15(9-14)22(30)24-2)11-4-3-5-12(6-11)20-19(28)18(27)17(26)16(10-25)31-20/h3-9,16-20,25-28H,10H2,1-2H3,(H,23,29)(H,24,30)/t16-,17-,18+,19+,20-/m1/s1. The topological polar surface area (TPSA) is 148 Å². The zero-order chi connectivity index (χ0) is 22.7. The van der Waals surface area contributed by atoms with Crippen molar-refractivity contribution >= 4 is 11.8 Å². The third kappa shape index (κ3) is 4.60. The number of hydrogen-bond acceptors (Lipinski definition) is 7. The van der Waals surface area contributed by atoms with Crippen LogP contribution < -0.4 is 10.6 Å². The molecule has 1 aliphatic heterocycles. The van der Waals surface area contributed by atoms with E-state index in [4.69, 9.17) is 4.74 Å². The number of carbonyl (C=O) groups excluding carboxylic acids is 2. The summed E-state index contributed by atoms with van der Waals surface area (Å²) >= 11 is 0. The molecule has 1 heterocycles. The number of aliphatic hydroxyl groups is 4. The van der Waals surface area contributed by atoms with Crippen LogP contribution in [0.3, 0.4) is 0 Å². The van der Waals surface area contributed by atoms with Gasteiger partial charge < -0.3 is 35.8 Å². The fraction of sp³-hybridized carbons (Fsp3) is 0.364. The minimum absolute atomic E-state index is 0.303. The average molecular weight is 430 g/mol. The fourth-order valence-electron chi connectivity index (χ4n) is 3.62. The Kier molecular flexibility index (Phi) is 7.04. The zero-order valence-electron chi connectivity index (χ0n) is 17.1. The van der Waals surface area contributed by atoms with Gasteiger partial charge in [0, 0.05) is 25.2 Å². The summed E-state index contributed by atoms with van der Waals surface area (Å²) in [7, 11) is 2.99. The second-order valence-electron chi connectivity index (χ2n) is 7.33. The Hall–Kier alpha value is -2.82. The number of hydrogen-bond donors (Lipinski definition) is 6. The Morgan fingerprint density at radius 1 is 0.871 bits per heavy atom. The van der Waals surface area contributed by atoms with Crippen molar-refractivity contribution in [3.05, 3.63) is 59.2 Å². The SMILES string of the molecule is CNC(=O)c1cc(C(=O)NC)cc(-c2cccc([C@H]3O[C@H](CO)[C@@H](O)[C@H](O)[C@@H]3O)c2)c1. The Bertz CT molecular complexity index is 928. The number of benzene rings is 2. The number of ether oxygens (including phenoxy) is 1. The fourth-order valence-corrected chi connectivity index (χ4v) is 3.62. The molecule has 5 atom stereocenters. The van der Waals surface area contributed by atoms with E-state index in [1.54, 1.807) is 36.4 Å². The molecule has 0 saturated carbocycles. The van der Waals surface area contributed by atoms with Crippen LogP contribution >= 0.6 is 0 Å². The minimum Gasteiger partial charge on any atom is -0.394 e. The highest BCUT2D eigenvalue weighted by atomic mass is 16.5. The van der Waals surface area contributed by atoms with Crippen LogP contribution in [0.4, 0.5) is 0 Å². The molecule has 6 N–H and O–H groups in total. The van der Waals surface area contributed by atoms with Crippen molar-refractivity contribution in [1.29, 1.82) is 0 Å². The summed E-state index contributed by atoms with van der Waals surface area (Å²) in [5.74, 6) is -0.700. The summed E-state index contributed by atoms with van der Waals surface area (Å²) < 4.78 is 5.63. The van der Waals surface area contributed by atoms with E-state index in [-0.39, 0.29) is 11.8 Å². The third-order valence-electron chi connectivity index (χ3n) is 5.35. The highest BCUT2D eigenvalue weighted by Gasteiger charge is 2.43. The number of aliphatic hydroxyl groups excluding tert-OH is 4. The van der Waals surface area contributed by atoms with E-state index in [1.165, 1.54) is 20.2 Å². The molecular formula is C22H26N2O7. The first-order chi connectivity index (χ1) is 14.8. The van der Waals surface area contributed by atoms with Gasteiger partial charge in [-0.05, 0) is 41.0 Å². The van der Waals surface area contributed by atoms with Crippen LogP contribution in [-0.4, -0.2) is 77.4 Å². The maximum Gasteiger partial charge on any atom is 0.251 e. The van der Waals surface area contributed by atoms with Crippen molar-refractivity contribution in [3.8, 4) is 11.1 Å². The average Bonchev–Trinajstić information content (AvgIpc) is 2.81. The summed E-state index contributed by atoms with van der Waals surface area (Å²) in [6.07, 6.45) is -6.36. The molecular weight excluding hydrogens is 404 g/mol. The number of amides is 2. The van der Waals surface area contributed by atoms with Gasteiger partial charge in [-0.2, -0.15) is 0 Å². The number of nitrogens with one attached hydrogen (secondary N) is 2. The van der Waals surface area contributed by atoms with E-state index in [0.717, 1.165) is 0 Å². The van der Waals surface area contributed by atoms with Crippen LogP contribution in [0.15, 0.2) is 42.5 Å². The van der Waals surface area contributed by atoms with Crippen molar-refractivity contribution in [3.63, 3.8) is 0 Å². The third-order valence-corrected chi connectivity index (χ3v) is 5.35. The molecule has 1 saturated heterocycles. The molecule has 166 valence electrons. The van der Waals surface area contributed by atoms with Crippen LogP contribution in [0.2, 0.25) is 0 Å². The molecule has 0 radical (unpaired) electrons. The van der Waals surface area contributed by atoms with Crippen molar-refractivity contribution in [1.82, 2.24) is 10.6 Å². The van der Waals surface area contributed by atoms with E-state index in [2.05, 4.69) is 10.6 Å². The Balaban J connectivity index is 2.03. The second kappa shape index (κ2) is 9.54. The first-order valence-corrected chi connectivity index (χ1v) is 9.80. The molecule has 0 aliphatic carbocycles. The van der Waals surface area contributed by atoms with Gasteiger partial charge in [0.1, 0.15) is 30.5 Å². The van der Waals surface area contributed by atoms with Gasteiger partial charge >= 0.3 is 0 Å². The van der Waals surface area contributed by atoms with Gasteiger partial charge in [0.05, 0.1) is 6.61 Å². The zero-order valence-corrected chi connectivity index (χ0v) is 17.1. The van der Waals surface area contributed by atoms with E-state index in [9.17, 15) is 30.0 Å². The van der Waals surface area contributed by atoms with Crippen LogP contribution in [0, 0.1) is 0 Å². The van der Waals surface area contributed by atoms with Crippen LogP contribution in [0.5, 0.6) is 0 Å². The van der Waals surface area contributed by atoms with Gasteiger partial charge in [0.15, 0.2) is 0 Å². The Labute approximate surface area is 179 Å². The largest absolute Gasteiger partial charge is 0.394 e. The maximum absolute atomic E-state index is 12.2. The highest BCUT2D eigenvalue weighted by Crippen LogP contribution is 2.34. The predicted molar refractivity (Wildman–Crippen MR) is 111 cm³/mol. The first kappa shape index (κ1) is 22.9. The van der Waals surface area contributed by atoms with E-state index in [0.29, 0.717) is 27.8 Å². The molecule has 31 heavy (non-hydrogen) atoms. The highest BCUT2D eigenvalue weighted by molar-refractivity contribution is 6.01. The molecule has 2 aromatic rings. The van der Waals surface area contributed by atoms with Crippen molar-refractivity contribution in [2.24, 2.45) is 0 Å². The van der Waals surface area contributed by atoms with E-state index >= 15 is 0 Å². The van der Waals surface area contributed by atoms with E-state index < -0.39 is 37.1 Å². The van der Waals surface area contributed by atoms with Crippen molar-refractivity contribution < 1.29 is 34.8 Å². The molecule has 1 aliphatic rings. The summed E-state index contributed by atoms with van der Waals surface area (Å²) in [5, 5.41) is 45.0. The minimum atomic E-state index is -1.49. The second-order valence-corrected chi connectivity index (χ2v) is 7.33. The smallest absolute Gasteiger partial charge is 0.251 e. The number of rotatable bonds is 5. The molecule has 9 nitrogen and oxygen atoms in total. The van der Waals surface area contributed by atoms with Gasteiger partial charge in [-0.1, -0.05) is 18.2 Å². The lowest BCUT2D eigenvalue weighted by atomic mass is 9.89. The van der Waals surface area contributed by atoms with Gasteiger partial charge in [0.2, 0.25) is 0 Å². The maximum atomic E-state index is 12.2. The summed E-state index contributed by atoms with van der Waals surface area (Å²) in [5.41, 5.74) is 2.34. The summed E-state index contributed by atoms with van der Waals surface area (Å²) in [4.78, 5) is 24.4. The van der Waals surface area contributed by atoms with Crippen LogP contribution in [-0.2, 0) is 4.74 Å². The lowest BCUT2D eigenvalue weighted by Gasteiger charge is -2.40. The summed E-state index contributed by atoms with van der Waals surface area (Å²) in [6, 6.07) is 11.6. The first-order valence-electron chi connectivity index (χ1n) is 9.80. The molecule has 0 spiro atoms. The molecule has 2 aromatic carbocycles. The molecule has 9 heteroatoms. The van der Waals surface area contributed by atoms with Gasteiger partial charge in [0.25, 0.3) is 11.8 Å². The Morgan fingerprint density at radius 2 is 1.48 bits per heavy atom. The molecule has 2 amide bonds. The molecule has 0 unspecified atom stereocenters. The molecule has 3 rings (SSSR count). The van der Waals surface area contributed by atoms with Gasteiger partial charge in [-0.25, -0.2) is 0 Å². The van der Waals surface area contributed by atoms with Crippen molar-refractivity contribution in [2.45, 2.75) is 30.5 Å². The normalized spacial score (nSPS) is 25.7. The molecule has 1 fully saturated rings. The van der Waals surface area contributed by atoms with Crippen LogP contribution in [0.1, 0.15) is 32.4 Å². The van der Waals surface area contributed by atoms with Crippen molar-refractivity contribution in [2.75, 3.05) is 20.7 Å². The molecule has 0 bridgehead atoms. The Morgan fingerprint density at radius 3 is 2.03 bits per heavy atom. The van der Waals surface area contributed by atoms with Gasteiger partial charge in [-0.15, -0.1) is 0 Å². The lowest BCUT2D eigenvalue weighted by Crippen LogP contribution is -2.55.